The van der Waals surface area contributed by atoms with Crippen molar-refractivity contribution in [2.45, 2.75) is 40.5 Å². The van der Waals surface area contributed by atoms with Crippen molar-refractivity contribution >= 4 is 18.0 Å². The number of hydrogen-bond donors (Lipinski definition) is 1. The van der Waals surface area contributed by atoms with Crippen molar-refractivity contribution in [2.24, 2.45) is 0 Å². The summed E-state index contributed by atoms with van der Waals surface area (Å²) < 4.78 is 0. The minimum Gasteiger partial charge on any atom is -0.308 e. The van der Waals surface area contributed by atoms with Crippen molar-refractivity contribution in [1.29, 1.82) is 5.41 Å². The standard InChI is InChI=1S/C19H25NS/c1-13(2)18(12-20)19(14(3)4)21-16(6)15(5)17-10-8-7-9-11-17/h7-12,15,20H,6H2,1-5H3. The van der Waals surface area contributed by atoms with Crippen molar-refractivity contribution in [3.63, 3.8) is 0 Å². The molecule has 1 nitrogen and oxygen atoms in total. The molecule has 1 atom stereocenters. The number of rotatable bonds is 6. The monoisotopic (exact) mass is 299 g/mol. The number of allylic oxidation sites excluding steroid dienone is 4. The zero-order valence-corrected chi connectivity index (χ0v) is 14.5. The van der Waals surface area contributed by atoms with E-state index < -0.39 is 0 Å². The maximum atomic E-state index is 7.67. The first-order chi connectivity index (χ1) is 9.88. The Morgan fingerprint density at radius 3 is 2.10 bits per heavy atom. The Kier molecular flexibility index (Phi) is 6.70. The first-order valence-corrected chi connectivity index (χ1v) is 7.97. The molecule has 0 aliphatic rings. The Hall–Kier alpha value is -1.54. The van der Waals surface area contributed by atoms with Gasteiger partial charge in [-0.25, -0.2) is 0 Å². The van der Waals surface area contributed by atoms with Crippen LogP contribution in [0.3, 0.4) is 0 Å². The Bertz CT molecular complexity index is 571. The van der Waals surface area contributed by atoms with Crippen LogP contribution < -0.4 is 0 Å². The van der Waals surface area contributed by atoms with Crippen LogP contribution in [0.2, 0.25) is 0 Å². The second-order valence-electron chi connectivity index (χ2n) is 5.59. The topological polar surface area (TPSA) is 23.9 Å². The molecular weight excluding hydrogens is 274 g/mol. The van der Waals surface area contributed by atoms with E-state index in [1.165, 1.54) is 17.4 Å². The normalized spacial score (nSPS) is 11.5. The van der Waals surface area contributed by atoms with Crippen molar-refractivity contribution in [3.05, 3.63) is 69.0 Å². The first-order valence-electron chi connectivity index (χ1n) is 7.15. The second-order valence-corrected chi connectivity index (χ2v) is 6.72. The van der Waals surface area contributed by atoms with Crippen LogP contribution >= 0.6 is 11.8 Å². The number of thioether (sulfide) groups is 1. The van der Waals surface area contributed by atoms with E-state index in [9.17, 15) is 0 Å². The molecule has 2 heteroatoms. The summed E-state index contributed by atoms with van der Waals surface area (Å²) in [6.45, 7) is 14.7. The molecule has 0 radical (unpaired) electrons. The summed E-state index contributed by atoms with van der Waals surface area (Å²) >= 11 is 1.69. The van der Waals surface area contributed by atoms with E-state index in [1.807, 2.05) is 19.9 Å². The van der Waals surface area contributed by atoms with Gasteiger partial charge in [0.2, 0.25) is 0 Å². The molecule has 0 fully saturated rings. The Labute approximate surface area is 133 Å². The molecule has 0 amide bonds. The Morgan fingerprint density at radius 1 is 1.10 bits per heavy atom. The van der Waals surface area contributed by atoms with E-state index in [0.717, 1.165) is 21.0 Å². The smallest absolute Gasteiger partial charge is 0.0261 e. The molecule has 0 bridgehead atoms. The number of benzene rings is 1. The van der Waals surface area contributed by atoms with E-state index in [2.05, 4.69) is 51.6 Å². The van der Waals surface area contributed by atoms with Crippen LogP contribution in [0.1, 0.15) is 46.1 Å². The lowest BCUT2D eigenvalue weighted by Gasteiger charge is -2.18. The van der Waals surface area contributed by atoms with Gasteiger partial charge in [0.25, 0.3) is 0 Å². The van der Waals surface area contributed by atoms with Crippen LogP contribution in [0.25, 0.3) is 0 Å². The Morgan fingerprint density at radius 2 is 1.67 bits per heavy atom. The summed E-state index contributed by atoms with van der Waals surface area (Å²) in [4.78, 5) is 2.26. The zero-order chi connectivity index (χ0) is 16.0. The van der Waals surface area contributed by atoms with Crippen molar-refractivity contribution in [3.8, 4) is 0 Å². The fourth-order valence-corrected chi connectivity index (χ4v) is 3.16. The highest BCUT2D eigenvalue weighted by molar-refractivity contribution is 8.07. The van der Waals surface area contributed by atoms with Gasteiger partial charge in [0.15, 0.2) is 0 Å². The van der Waals surface area contributed by atoms with Gasteiger partial charge in [-0.3, -0.25) is 0 Å². The molecule has 0 saturated carbocycles. The predicted octanol–water partition coefficient (Wildman–Crippen LogP) is 6.32. The molecule has 0 spiro atoms. The fraction of sp³-hybridized carbons (Fsp3) is 0.316. The van der Waals surface area contributed by atoms with Crippen molar-refractivity contribution in [2.75, 3.05) is 0 Å². The summed E-state index contributed by atoms with van der Waals surface area (Å²) in [5, 5.41) is 7.67. The summed E-state index contributed by atoms with van der Waals surface area (Å²) in [5.41, 5.74) is 4.66. The zero-order valence-electron chi connectivity index (χ0n) is 13.7. The highest BCUT2D eigenvalue weighted by Crippen LogP contribution is 2.39. The summed E-state index contributed by atoms with van der Waals surface area (Å²) in [5.74, 6) is 0.287. The molecule has 1 unspecified atom stereocenters. The predicted molar refractivity (Wildman–Crippen MR) is 97.1 cm³/mol. The lowest BCUT2D eigenvalue weighted by atomic mass is 10.0. The van der Waals surface area contributed by atoms with Crippen molar-refractivity contribution in [1.82, 2.24) is 0 Å². The fourth-order valence-electron chi connectivity index (χ4n) is 2.01. The molecule has 0 heterocycles. The van der Waals surface area contributed by atoms with Crippen LogP contribution in [0.4, 0.5) is 0 Å². The average molecular weight is 299 g/mol. The van der Waals surface area contributed by atoms with Crippen molar-refractivity contribution < 1.29 is 0 Å². The molecule has 1 N–H and O–H groups in total. The average Bonchev–Trinajstić information content (AvgIpc) is 2.46. The Balaban J connectivity index is 3.02. The quantitative estimate of drug-likeness (QED) is 0.482. The third-order valence-electron chi connectivity index (χ3n) is 3.40. The lowest BCUT2D eigenvalue weighted by Crippen LogP contribution is -1.98. The molecule has 0 saturated heterocycles. The van der Waals surface area contributed by atoms with E-state index >= 15 is 0 Å². The van der Waals surface area contributed by atoms with Gasteiger partial charge < -0.3 is 5.41 Å². The SMILES string of the molecule is C=C(SC(=C(C)C)C(C=N)=C(C)C)C(C)c1ccccc1. The van der Waals surface area contributed by atoms with E-state index in [-0.39, 0.29) is 5.92 Å². The van der Waals surface area contributed by atoms with Gasteiger partial charge in [0, 0.05) is 22.6 Å². The first kappa shape index (κ1) is 17.5. The van der Waals surface area contributed by atoms with Crippen LogP contribution in [0, 0.1) is 5.41 Å². The molecule has 1 rings (SSSR count). The van der Waals surface area contributed by atoms with Gasteiger partial charge in [-0.2, -0.15) is 0 Å². The second kappa shape index (κ2) is 8.04. The summed E-state index contributed by atoms with van der Waals surface area (Å²) in [7, 11) is 0. The third kappa shape index (κ3) is 4.75. The van der Waals surface area contributed by atoms with Gasteiger partial charge in [0.05, 0.1) is 0 Å². The van der Waals surface area contributed by atoms with Gasteiger partial charge in [-0.1, -0.05) is 66.7 Å². The molecule has 0 aromatic heterocycles. The summed E-state index contributed by atoms with van der Waals surface area (Å²) in [6.07, 6.45) is 1.45. The maximum Gasteiger partial charge on any atom is 0.0261 e. The molecule has 1 aromatic rings. The molecule has 0 aliphatic heterocycles. The van der Waals surface area contributed by atoms with Gasteiger partial charge in [-0.05, 0) is 38.2 Å². The lowest BCUT2D eigenvalue weighted by molar-refractivity contribution is 0.955. The minimum atomic E-state index is 0.287. The van der Waals surface area contributed by atoms with E-state index in [0.29, 0.717) is 0 Å². The molecule has 21 heavy (non-hydrogen) atoms. The largest absolute Gasteiger partial charge is 0.308 e. The van der Waals surface area contributed by atoms with E-state index in [4.69, 9.17) is 5.41 Å². The number of hydrogen-bond acceptors (Lipinski definition) is 2. The van der Waals surface area contributed by atoms with Crippen LogP contribution in [0.5, 0.6) is 0 Å². The number of nitrogens with one attached hydrogen (secondary N) is 1. The highest BCUT2D eigenvalue weighted by atomic mass is 32.2. The molecule has 0 aliphatic carbocycles. The molecule has 112 valence electrons. The van der Waals surface area contributed by atoms with Gasteiger partial charge in [-0.15, -0.1) is 0 Å². The molecular formula is C19H25NS. The van der Waals surface area contributed by atoms with Crippen LogP contribution in [0.15, 0.2) is 63.4 Å². The van der Waals surface area contributed by atoms with E-state index in [1.54, 1.807) is 11.8 Å². The van der Waals surface area contributed by atoms with Gasteiger partial charge in [0.1, 0.15) is 0 Å². The highest BCUT2D eigenvalue weighted by Gasteiger charge is 2.15. The van der Waals surface area contributed by atoms with Crippen LogP contribution in [-0.2, 0) is 0 Å². The molecule has 1 aromatic carbocycles. The summed E-state index contributed by atoms with van der Waals surface area (Å²) in [6, 6.07) is 10.4. The minimum absolute atomic E-state index is 0.287. The van der Waals surface area contributed by atoms with Gasteiger partial charge >= 0.3 is 0 Å². The maximum absolute atomic E-state index is 7.67. The van der Waals surface area contributed by atoms with Crippen LogP contribution in [-0.4, -0.2) is 6.21 Å². The third-order valence-corrected chi connectivity index (χ3v) is 4.85.